The van der Waals surface area contributed by atoms with Gasteiger partial charge < -0.3 is 4.90 Å². The second-order valence-electron chi connectivity index (χ2n) is 6.02. The van der Waals surface area contributed by atoms with Gasteiger partial charge in [0.2, 0.25) is 15.8 Å². The first kappa shape index (κ1) is 20.0. The van der Waals surface area contributed by atoms with Crippen molar-refractivity contribution in [3.63, 3.8) is 0 Å². The first-order valence-electron chi connectivity index (χ1n) is 8.12. The van der Waals surface area contributed by atoms with Crippen molar-refractivity contribution in [2.75, 3.05) is 31.1 Å². The van der Waals surface area contributed by atoms with Gasteiger partial charge in [-0.2, -0.15) is 17.5 Å². The van der Waals surface area contributed by atoms with Gasteiger partial charge in [0, 0.05) is 38.4 Å². The zero-order valence-corrected chi connectivity index (χ0v) is 15.2. The van der Waals surface area contributed by atoms with Crippen LogP contribution in [0.4, 0.5) is 24.7 Å². The van der Waals surface area contributed by atoms with Crippen LogP contribution in [-0.4, -0.2) is 48.8 Å². The third kappa shape index (κ3) is 3.92. The molecule has 0 radical (unpaired) electrons. The van der Waals surface area contributed by atoms with E-state index in [1.807, 2.05) is 0 Å². The molecule has 1 fully saturated rings. The molecule has 0 amide bonds. The van der Waals surface area contributed by atoms with Crippen LogP contribution in [0.15, 0.2) is 47.5 Å². The van der Waals surface area contributed by atoms with Crippen LogP contribution in [0.1, 0.15) is 5.56 Å². The minimum atomic E-state index is -4.65. The summed E-state index contributed by atoms with van der Waals surface area (Å²) in [6, 6.07) is 6.29. The molecule has 12 heteroatoms. The Labute approximate surface area is 158 Å². The van der Waals surface area contributed by atoms with Gasteiger partial charge >= 0.3 is 11.9 Å². The topological polar surface area (TPSA) is 96.7 Å². The number of benzene rings is 1. The molecule has 0 aliphatic carbocycles. The van der Waals surface area contributed by atoms with E-state index in [9.17, 15) is 31.7 Å². The van der Waals surface area contributed by atoms with E-state index in [0.717, 1.165) is 22.5 Å². The van der Waals surface area contributed by atoms with Crippen molar-refractivity contribution in [1.82, 2.24) is 9.29 Å². The number of hydrogen-bond acceptors (Lipinski definition) is 6. The van der Waals surface area contributed by atoms with Gasteiger partial charge in [0.15, 0.2) is 0 Å². The van der Waals surface area contributed by atoms with Gasteiger partial charge in [0.1, 0.15) is 0 Å². The van der Waals surface area contributed by atoms with Gasteiger partial charge in [0.25, 0.3) is 0 Å². The van der Waals surface area contributed by atoms with E-state index < -0.39 is 31.6 Å². The number of sulfonamides is 1. The molecule has 3 rings (SSSR count). The van der Waals surface area contributed by atoms with Gasteiger partial charge in [-0.1, -0.05) is 6.07 Å². The smallest absolute Gasteiger partial charge is 0.348 e. The molecule has 2 aromatic rings. The zero-order valence-electron chi connectivity index (χ0n) is 14.3. The van der Waals surface area contributed by atoms with E-state index in [2.05, 4.69) is 4.98 Å². The second kappa shape index (κ2) is 7.36. The molecule has 1 aliphatic rings. The monoisotopic (exact) mass is 416 g/mol. The summed E-state index contributed by atoms with van der Waals surface area (Å²) >= 11 is 0. The number of nitro groups is 1. The highest BCUT2D eigenvalue weighted by Gasteiger charge is 2.34. The fourth-order valence-electron chi connectivity index (χ4n) is 2.90. The van der Waals surface area contributed by atoms with E-state index in [4.69, 9.17) is 0 Å². The lowest BCUT2D eigenvalue weighted by Gasteiger charge is -2.34. The molecule has 0 unspecified atom stereocenters. The Bertz CT molecular complexity index is 989. The maximum absolute atomic E-state index is 12.9. The van der Waals surface area contributed by atoms with Crippen molar-refractivity contribution in [1.29, 1.82) is 0 Å². The summed E-state index contributed by atoms with van der Waals surface area (Å²) < 4.78 is 65.1. The Morgan fingerprint density at radius 1 is 1.07 bits per heavy atom. The summed E-state index contributed by atoms with van der Waals surface area (Å²) in [5.41, 5.74) is -1.24. The number of rotatable bonds is 4. The van der Waals surface area contributed by atoms with E-state index >= 15 is 0 Å². The molecule has 0 N–H and O–H groups in total. The molecule has 1 aromatic heterocycles. The van der Waals surface area contributed by atoms with Gasteiger partial charge in [-0.05, 0) is 24.3 Å². The fourth-order valence-corrected chi connectivity index (χ4v) is 4.37. The SMILES string of the molecule is O=[N+]([O-])c1cccnc1N1CCN(S(=O)(=O)c2cccc(C(F)(F)F)c2)CC1. The third-order valence-corrected chi connectivity index (χ3v) is 6.19. The van der Waals surface area contributed by atoms with Crippen LogP contribution in [0.3, 0.4) is 0 Å². The molecule has 8 nitrogen and oxygen atoms in total. The van der Waals surface area contributed by atoms with E-state index in [0.29, 0.717) is 6.07 Å². The van der Waals surface area contributed by atoms with Crippen LogP contribution >= 0.6 is 0 Å². The number of anilines is 1. The minimum Gasteiger partial charge on any atom is -0.348 e. The number of pyridine rings is 1. The van der Waals surface area contributed by atoms with Crippen LogP contribution in [0.25, 0.3) is 0 Å². The number of piperazine rings is 1. The predicted molar refractivity (Wildman–Crippen MR) is 93.3 cm³/mol. The molecular weight excluding hydrogens is 401 g/mol. The lowest BCUT2D eigenvalue weighted by Crippen LogP contribution is -2.49. The summed E-state index contributed by atoms with van der Waals surface area (Å²) in [6.45, 7) is 0.171. The van der Waals surface area contributed by atoms with Crippen LogP contribution in [0.2, 0.25) is 0 Å². The van der Waals surface area contributed by atoms with E-state index in [1.54, 1.807) is 4.90 Å². The molecule has 0 saturated carbocycles. The normalized spacial score (nSPS) is 16.2. The first-order chi connectivity index (χ1) is 13.1. The summed E-state index contributed by atoms with van der Waals surface area (Å²) in [5.74, 6) is 0.128. The molecule has 1 aliphatic heterocycles. The van der Waals surface area contributed by atoms with Crippen molar-refractivity contribution in [3.8, 4) is 0 Å². The van der Waals surface area contributed by atoms with Gasteiger partial charge in [-0.3, -0.25) is 10.1 Å². The Kier molecular flexibility index (Phi) is 5.26. The fraction of sp³-hybridized carbons (Fsp3) is 0.312. The summed E-state index contributed by atoms with van der Waals surface area (Å²) in [7, 11) is -4.12. The maximum Gasteiger partial charge on any atom is 0.416 e. The third-order valence-electron chi connectivity index (χ3n) is 4.30. The van der Waals surface area contributed by atoms with Gasteiger partial charge in [-0.15, -0.1) is 0 Å². The summed E-state index contributed by atoms with van der Waals surface area (Å²) in [4.78, 5) is 15.7. The van der Waals surface area contributed by atoms with Crippen LogP contribution in [-0.2, 0) is 16.2 Å². The van der Waals surface area contributed by atoms with Crippen molar-refractivity contribution >= 4 is 21.5 Å². The Morgan fingerprint density at radius 2 is 1.75 bits per heavy atom. The van der Waals surface area contributed by atoms with Crippen LogP contribution in [0.5, 0.6) is 0 Å². The number of nitrogens with zero attached hydrogens (tertiary/aromatic N) is 4. The second-order valence-corrected chi connectivity index (χ2v) is 7.96. The molecule has 0 atom stereocenters. The molecule has 2 heterocycles. The predicted octanol–water partition coefficient (Wildman–Crippen LogP) is 2.52. The average Bonchev–Trinajstić information content (AvgIpc) is 2.67. The number of hydrogen-bond donors (Lipinski definition) is 0. The van der Waals surface area contributed by atoms with Crippen molar-refractivity contribution < 1.29 is 26.5 Å². The lowest BCUT2D eigenvalue weighted by atomic mass is 10.2. The molecule has 1 aromatic carbocycles. The number of alkyl halides is 3. The molecule has 0 bridgehead atoms. The molecular formula is C16H15F3N4O4S. The molecule has 0 spiro atoms. The van der Waals surface area contributed by atoms with E-state index in [-0.39, 0.29) is 37.7 Å². The molecule has 1 saturated heterocycles. The Hall–Kier alpha value is -2.73. The van der Waals surface area contributed by atoms with Crippen molar-refractivity contribution in [3.05, 3.63) is 58.3 Å². The average molecular weight is 416 g/mol. The maximum atomic E-state index is 12.9. The van der Waals surface area contributed by atoms with Crippen LogP contribution in [0, 0.1) is 10.1 Å². The van der Waals surface area contributed by atoms with Gasteiger partial charge in [0.05, 0.1) is 15.4 Å². The molecule has 150 valence electrons. The van der Waals surface area contributed by atoms with E-state index in [1.165, 1.54) is 18.3 Å². The van der Waals surface area contributed by atoms with Crippen molar-refractivity contribution in [2.24, 2.45) is 0 Å². The Balaban J connectivity index is 1.79. The van der Waals surface area contributed by atoms with Crippen molar-refractivity contribution in [2.45, 2.75) is 11.1 Å². The highest BCUT2D eigenvalue weighted by Crippen LogP contribution is 2.32. The number of halogens is 3. The first-order valence-corrected chi connectivity index (χ1v) is 9.56. The quantitative estimate of drug-likeness (QED) is 0.561. The summed E-state index contributed by atoms with van der Waals surface area (Å²) in [6.07, 6.45) is -3.25. The standard InChI is InChI=1S/C16H15F3N4O4S/c17-16(18,19)12-3-1-4-13(11-12)28(26,27)22-9-7-21(8-10-22)15-14(23(24)25)5-2-6-20-15/h1-6,11H,7-10H2. The van der Waals surface area contributed by atoms with Gasteiger partial charge in [-0.25, -0.2) is 13.4 Å². The number of aromatic nitrogens is 1. The zero-order chi connectivity index (χ0) is 20.5. The summed E-state index contributed by atoms with van der Waals surface area (Å²) in [5, 5.41) is 11.1. The molecule has 28 heavy (non-hydrogen) atoms. The largest absolute Gasteiger partial charge is 0.416 e. The highest BCUT2D eigenvalue weighted by atomic mass is 32.2. The Morgan fingerprint density at radius 3 is 2.36 bits per heavy atom. The minimum absolute atomic E-state index is 0.0354. The highest BCUT2D eigenvalue weighted by molar-refractivity contribution is 7.89. The lowest BCUT2D eigenvalue weighted by molar-refractivity contribution is -0.384. The van der Waals surface area contributed by atoms with Crippen LogP contribution < -0.4 is 4.90 Å².